The van der Waals surface area contributed by atoms with Gasteiger partial charge in [-0.15, -0.1) is 0 Å². The highest BCUT2D eigenvalue weighted by Crippen LogP contribution is 2.29. The molecule has 1 aromatic carbocycles. The van der Waals surface area contributed by atoms with Crippen molar-refractivity contribution in [2.75, 3.05) is 33.9 Å². The highest BCUT2D eigenvalue weighted by molar-refractivity contribution is 5.42. The maximum absolute atomic E-state index is 6.30. The first kappa shape index (κ1) is 17.3. The Balaban J connectivity index is 1.53. The van der Waals surface area contributed by atoms with E-state index in [1.165, 1.54) is 31.2 Å². The van der Waals surface area contributed by atoms with Gasteiger partial charge in [-0.25, -0.2) is 0 Å². The highest BCUT2D eigenvalue weighted by Gasteiger charge is 2.30. The van der Waals surface area contributed by atoms with Gasteiger partial charge in [-0.1, -0.05) is 31.1 Å². The van der Waals surface area contributed by atoms with Crippen LogP contribution in [0.2, 0.25) is 0 Å². The minimum absolute atomic E-state index is 0.374. The molecule has 0 bridgehead atoms. The zero-order valence-corrected chi connectivity index (χ0v) is 14.9. The van der Waals surface area contributed by atoms with E-state index in [9.17, 15) is 0 Å². The number of methoxy groups -OCH3 is 2. The van der Waals surface area contributed by atoms with E-state index in [0.29, 0.717) is 12.1 Å². The fourth-order valence-corrected chi connectivity index (χ4v) is 3.82. The maximum Gasteiger partial charge on any atom is 0.160 e. The van der Waals surface area contributed by atoms with Gasteiger partial charge >= 0.3 is 0 Å². The van der Waals surface area contributed by atoms with Crippen LogP contribution in [-0.4, -0.2) is 51.0 Å². The summed E-state index contributed by atoms with van der Waals surface area (Å²) < 4.78 is 17.0. The standard InChI is InChI=1S/C20H29NO3/c1-22-19-10-9-16(15-20(19)23-2)11-14-24-18-8-4-3-7-17(18)21-12-5-6-13-21/h5-6,9-10,15,17-18H,3-4,7-8,11-14H2,1-2H3/t17-,18-/m0/s1. The minimum atomic E-state index is 0.374. The molecule has 1 aliphatic heterocycles. The van der Waals surface area contributed by atoms with Crippen LogP contribution in [-0.2, 0) is 11.2 Å². The number of benzene rings is 1. The van der Waals surface area contributed by atoms with Gasteiger partial charge in [0.2, 0.25) is 0 Å². The van der Waals surface area contributed by atoms with Crippen molar-refractivity contribution < 1.29 is 14.2 Å². The largest absolute Gasteiger partial charge is 0.493 e. The lowest BCUT2D eigenvalue weighted by Crippen LogP contribution is -2.45. The summed E-state index contributed by atoms with van der Waals surface area (Å²) >= 11 is 0. The first-order valence-electron chi connectivity index (χ1n) is 9.03. The van der Waals surface area contributed by atoms with E-state index in [4.69, 9.17) is 14.2 Å². The summed E-state index contributed by atoms with van der Waals surface area (Å²) in [7, 11) is 3.34. The van der Waals surface area contributed by atoms with E-state index in [1.54, 1.807) is 14.2 Å². The van der Waals surface area contributed by atoms with E-state index in [-0.39, 0.29) is 0 Å². The Hall–Kier alpha value is -1.52. The molecule has 0 radical (unpaired) electrons. The molecular weight excluding hydrogens is 302 g/mol. The van der Waals surface area contributed by atoms with Crippen LogP contribution in [0.5, 0.6) is 11.5 Å². The smallest absolute Gasteiger partial charge is 0.160 e. The van der Waals surface area contributed by atoms with Crippen LogP contribution in [0, 0.1) is 0 Å². The van der Waals surface area contributed by atoms with Gasteiger partial charge in [0, 0.05) is 19.1 Å². The Kier molecular flexibility index (Phi) is 6.16. The van der Waals surface area contributed by atoms with Gasteiger partial charge in [0.25, 0.3) is 0 Å². The molecule has 0 N–H and O–H groups in total. The lowest BCUT2D eigenvalue weighted by molar-refractivity contribution is -0.0276. The molecule has 2 aliphatic rings. The monoisotopic (exact) mass is 331 g/mol. The van der Waals surface area contributed by atoms with Gasteiger partial charge < -0.3 is 14.2 Å². The van der Waals surface area contributed by atoms with Gasteiger partial charge in [-0.3, -0.25) is 4.90 Å². The number of rotatable bonds is 7. The fraction of sp³-hybridized carbons (Fsp3) is 0.600. The van der Waals surface area contributed by atoms with Crippen LogP contribution >= 0.6 is 0 Å². The van der Waals surface area contributed by atoms with Crippen molar-refractivity contribution in [3.63, 3.8) is 0 Å². The zero-order valence-electron chi connectivity index (χ0n) is 14.9. The minimum Gasteiger partial charge on any atom is -0.493 e. The summed E-state index contributed by atoms with van der Waals surface area (Å²) in [5.74, 6) is 1.56. The molecular formula is C20H29NO3. The van der Waals surface area contributed by atoms with E-state index in [1.807, 2.05) is 12.1 Å². The van der Waals surface area contributed by atoms with E-state index in [2.05, 4.69) is 23.1 Å². The number of ether oxygens (including phenoxy) is 3. The third kappa shape index (κ3) is 4.11. The molecule has 132 valence electrons. The molecule has 0 saturated heterocycles. The zero-order chi connectivity index (χ0) is 16.8. The molecule has 1 heterocycles. The Labute approximate surface area is 145 Å². The van der Waals surface area contributed by atoms with Crippen LogP contribution in [0.1, 0.15) is 31.2 Å². The molecule has 0 unspecified atom stereocenters. The summed E-state index contributed by atoms with van der Waals surface area (Å²) in [5, 5.41) is 0. The second kappa shape index (κ2) is 8.54. The molecule has 3 rings (SSSR count). The van der Waals surface area contributed by atoms with Gasteiger partial charge in [0.15, 0.2) is 11.5 Å². The molecule has 0 amide bonds. The van der Waals surface area contributed by atoms with Crippen LogP contribution in [0.3, 0.4) is 0 Å². The quantitative estimate of drug-likeness (QED) is 0.716. The lowest BCUT2D eigenvalue weighted by atomic mass is 9.91. The lowest BCUT2D eigenvalue weighted by Gasteiger charge is -2.37. The fourth-order valence-electron chi connectivity index (χ4n) is 3.82. The molecule has 24 heavy (non-hydrogen) atoms. The van der Waals surface area contributed by atoms with Crippen LogP contribution in [0.25, 0.3) is 0 Å². The molecule has 0 aromatic heterocycles. The van der Waals surface area contributed by atoms with Gasteiger partial charge in [-0.2, -0.15) is 0 Å². The van der Waals surface area contributed by atoms with Crippen molar-refractivity contribution in [2.45, 2.75) is 44.2 Å². The first-order valence-corrected chi connectivity index (χ1v) is 9.03. The number of nitrogens with zero attached hydrogens (tertiary/aromatic N) is 1. The Morgan fingerprint density at radius 1 is 1.00 bits per heavy atom. The average Bonchev–Trinajstić information content (AvgIpc) is 3.16. The van der Waals surface area contributed by atoms with Crippen molar-refractivity contribution in [1.29, 1.82) is 0 Å². The van der Waals surface area contributed by atoms with E-state index >= 15 is 0 Å². The molecule has 1 saturated carbocycles. The summed E-state index contributed by atoms with van der Waals surface area (Å²) in [6.07, 6.45) is 10.9. The molecule has 4 heteroatoms. The van der Waals surface area contributed by atoms with E-state index < -0.39 is 0 Å². The first-order chi connectivity index (χ1) is 11.8. The highest BCUT2D eigenvalue weighted by atomic mass is 16.5. The summed E-state index contributed by atoms with van der Waals surface area (Å²) in [4.78, 5) is 2.56. The van der Waals surface area contributed by atoms with Crippen molar-refractivity contribution in [2.24, 2.45) is 0 Å². The Morgan fingerprint density at radius 2 is 1.75 bits per heavy atom. The molecule has 4 nitrogen and oxygen atoms in total. The van der Waals surface area contributed by atoms with Crippen molar-refractivity contribution in [1.82, 2.24) is 4.90 Å². The third-order valence-corrected chi connectivity index (χ3v) is 5.15. The SMILES string of the molecule is COc1ccc(CCO[C@H]2CCCC[C@@H]2N2CC=CC2)cc1OC. The molecule has 1 aromatic rings. The summed E-state index contributed by atoms with van der Waals surface area (Å²) in [6.45, 7) is 2.93. The predicted octanol–water partition coefficient (Wildman–Crippen LogP) is 3.45. The summed E-state index contributed by atoms with van der Waals surface area (Å²) in [6, 6.07) is 6.69. The average molecular weight is 331 g/mol. The van der Waals surface area contributed by atoms with Crippen molar-refractivity contribution >= 4 is 0 Å². The topological polar surface area (TPSA) is 30.9 Å². The third-order valence-electron chi connectivity index (χ3n) is 5.15. The molecule has 0 spiro atoms. The van der Waals surface area contributed by atoms with E-state index in [0.717, 1.165) is 37.6 Å². The second-order valence-corrected chi connectivity index (χ2v) is 6.63. The van der Waals surface area contributed by atoms with Crippen molar-refractivity contribution in [3.05, 3.63) is 35.9 Å². The Bertz CT molecular complexity index is 550. The summed E-state index contributed by atoms with van der Waals surface area (Å²) in [5.41, 5.74) is 1.22. The molecule has 1 fully saturated rings. The molecule has 1 aliphatic carbocycles. The normalized spacial score (nSPS) is 24.2. The van der Waals surface area contributed by atoms with Crippen LogP contribution in [0.4, 0.5) is 0 Å². The van der Waals surface area contributed by atoms with Crippen LogP contribution in [0.15, 0.2) is 30.4 Å². The van der Waals surface area contributed by atoms with Crippen LogP contribution < -0.4 is 9.47 Å². The number of hydrogen-bond acceptors (Lipinski definition) is 4. The van der Waals surface area contributed by atoms with Gasteiger partial charge in [0.1, 0.15) is 0 Å². The van der Waals surface area contributed by atoms with Gasteiger partial charge in [0.05, 0.1) is 26.9 Å². The predicted molar refractivity (Wildman–Crippen MR) is 96.0 cm³/mol. The van der Waals surface area contributed by atoms with Gasteiger partial charge in [-0.05, 0) is 37.0 Å². The van der Waals surface area contributed by atoms with Crippen molar-refractivity contribution in [3.8, 4) is 11.5 Å². The maximum atomic E-state index is 6.30. The molecule has 2 atom stereocenters. The second-order valence-electron chi connectivity index (χ2n) is 6.63. The Morgan fingerprint density at radius 3 is 2.50 bits per heavy atom. The number of hydrogen-bond donors (Lipinski definition) is 0.